The van der Waals surface area contributed by atoms with Gasteiger partial charge in [-0.3, -0.25) is 14.3 Å². The van der Waals surface area contributed by atoms with Crippen LogP contribution >= 0.6 is 11.6 Å². The van der Waals surface area contributed by atoms with Gasteiger partial charge in [-0.2, -0.15) is 0 Å². The smallest absolute Gasteiger partial charge is 0.329 e. The normalized spacial score (nSPS) is 13.0. The number of rotatable bonds is 5. The van der Waals surface area contributed by atoms with Crippen LogP contribution in [0.5, 0.6) is 0 Å². The SMILES string of the molecule is CCOCC(C(C)C)n1c(=O)cc(Cl)[nH]c1=O. The predicted octanol–water partition coefficient (Wildman–Crippen LogP) is 1.42. The van der Waals surface area contributed by atoms with E-state index >= 15 is 0 Å². The molecule has 0 fully saturated rings. The summed E-state index contributed by atoms with van der Waals surface area (Å²) in [7, 11) is 0. The van der Waals surface area contributed by atoms with Crippen LogP contribution in [0.25, 0.3) is 0 Å². The second kappa shape index (κ2) is 6.02. The number of aromatic amines is 1. The van der Waals surface area contributed by atoms with Crippen molar-refractivity contribution in [3.8, 4) is 0 Å². The number of nitrogens with one attached hydrogen (secondary N) is 1. The van der Waals surface area contributed by atoms with Gasteiger partial charge in [-0.15, -0.1) is 0 Å². The Morgan fingerprint density at radius 3 is 2.59 bits per heavy atom. The van der Waals surface area contributed by atoms with E-state index in [0.29, 0.717) is 13.2 Å². The van der Waals surface area contributed by atoms with Crippen LogP contribution < -0.4 is 11.2 Å². The highest BCUT2D eigenvalue weighted by molar-refractivity contribution is 6.29. The van der Waals surface area contributed by atoms with Gasteiger partial charge in [-0.25, -0.2) is 4.79 Å². The molecular weight excluding hydrogens is 244 g/mol. The van der Waals surface area contributed by atoms with Crippen LogP contribution in [0, 0.1) is 5.92 Å². The Labute approximate surface area is 104 Å². The van der Waals surface area contributed by atoms with Gasteiger partial charge in [0.1, 0.15) is 5.15 Å². The fourth-order valence-electron chi connectivity index (χ4n) is 1.59. The van der Waals surface area contributed by atoms with Crippen molar-refractivity contribution in [1.29, 1.82) is 0 Å². The van der Waals surface area contributed by atoms with Crippen LogP contribution in [-0.4, -0.2) is 22.8 Å². The van der Waals surface area contributed by atoms with Crippen molar-refractivity contribution in [3.63, 3.8) is 0 Å². The highest BCUT2D eigenvalue weighted by Crippen LogP contribution is 2.14. The van der Waals surface area contributed by atoms with Gasteiger partial charge in [0.25, 0.3) is 5.56 Å². The number of hydrogen-bond acceptors (Lipinski definition) is 3. The molecule has 5 nitrogen and oxygen atoms in total. The van der Waals surface area contributed by atoms with Gasteiger partial charge in [-0.05, 0) is 12.8 Å². The molecule has 0 amide bonds. The molecule has 0 aliphatic rings. The molecule has 17 heavy (non-hydrogen) atoms. The molecule has 1 aromatic heterocycles. The number of hydrogen-bond donors (Lipinski definition) is 1. The van der Waals surface area contributed by atoms with Gasteiger partial charge in [0.05, 0.1) is 12.6 Å². The van der Waals surface area contributed by atoms with E-state index in [1.165, 1.54) is 6.07 Å². The largest absolute Gasteiger partial charge is 0.380 e. The highest BCUT2D eigenvalue weighted by Gasteiger charge is 2.19. The quantitative estimate of drug-likeness (QED) is 0.815. The maximum absolute atomic E-state index is 11.8. The molecule has 0 aromatic carbocycles. The van der Waals surface area contributed by atoms with Crippen LogP contribution in [0.3, 0.4) is 0 Å². The minimum atomic E-state index is -0.499. The average Bonchev–Trinajstić information content (AvgIpc) is 2.20. The van der Waals surface area contributed by atoms with Crippen LogP contribution in [0.2, 0.25) is 5.15 Å². The summed E-state index contributed by atoms with van der Waals surface area (Å²) in [5.74, 6) is 0.113. The summed E-state index contributed by atoms with van der Waals surface area (Å²) in [6, 6.07) is 0.910. The van der Waals surface area contributed by atoms with E-state index in [0.717, 1.165) is 4.57 Å². The summed E-state index contributed by atoms with van der Waals surface area (Å²) in [5, 5.41) is 0.0511. The van der Waals surface area contributed by atoms with Gasteiger partial charge >= 0.3 is 5.69 Å². The summed E-state index contributed by atoms with van der Waals surface area (Å²) in [4.78, 5) is 25.9. The molecule has 0 saturated carbocycles. The van der Waals surface area contributed by atoms with E-state index in [9.17, 15) is 9.59 Å². The molecule has 0 aliphatic heterocycles. The van der Waals surface area contributed by atoms with Gasteiger partial charge in [0, 0.05) is 12.7 Å². The molecule has 6 heteroatoms. The first-order valence-electron chi connectivity index (χ1n) is 5.56. The standard InChI is InChI=1S/C11H17ClN2O3/c1-4-17-6-8(7(2)3)14-10(15)5-9(12)13-11(14)16/h5,7-8H,4,6H2,1-3H3,(H,13,16). The molecule has 1 aromatic rings. The lowest BCUT2D eigenvalue weighted by Gasteiger charge is -2.22. The van der Waals surface area contributed by atoms with Gasteiger partial charge in [0.2, 0.25) is 0 Å². The molecule has 0 saturated heterocycles. The Morgan fingerprint density at radius 2 is 2.12 bits per heavy atom. The predicted molar refractivity (Wildman–Crippen MR) is 66.7 cm³/mol. The van der Waals surface area contributed by atoms with Crippen molar-refractivity contribution < 1.29 is 4.74 Å². The van der Waals surface area contributed by atoms with E-state index in [1.807, 2.05) is 20.8 Å². The van der Waals surface area contributed by atoms with Crippen molar-refractivity contribution >= 4 is 11.6 Å². The monoisotopic (exact) mass is 260 g/mol. The van der Waals surface area contributed by atoms with E-state index in [-0.39, 0.29) is 17.1 Å². The van der Waals surface area contributed by atoms with Crippen molar-refractivity contribution in [2.45, 2.75) is 26.8 Å². The summed E-state index contributed by atoms with van der Waals surface area (Å²) < 4.78 is 6.47. The molecule has 0 bridgehead atoms. The maximum atomic E-state index is 11.8. The lowest BCUT2D eigenvalue weighted by molar-refractivity contribution is 0.0932. The first-order valence-corrected chi connectivity index (χ1v) is 5.94. The average molecular weight is 261 g/mol. The minimum Gasteiger partial charge on any atom is -0.380 e. The van der Waals surface area contributed by atoms with Crippen molar-refractivity contribution in [2.75, 3.05) is 13.2 Å². The Balaban J connectivity index is 3.19. The molecule has 0 aliphatic carbocycles. The Kier molecular flexibility index (Phi) is 4.96. The van der Waals surface area contributed by atoms with E-state index < -0.39 is 11.2 Å². The van der Waals surface area contributed by atoms with Gasteiger partial charge in [-0.1, -0.05) is 25.4 Å². The van der Waals surface area contributed by atoms with Gasteiger partial charge in [0.15, 0.2) is 0 Å². The van der Waals surface area contributed by atoms with Crippen LogP contribution in [0.1, 0.15) is 26.8 Å². The molecule has 0 radical (unpaired) electrons. The van der Waals surface area contributed by atoms with E-state index in [2.05, 4.69) is 4.98 Å². The minimum absolute atomic E-state index is 0.0511. The van der Waals surface area contributed by atoms with Crippen LogP contribution in [0.15, 0.2) is 15.7 Å². The second-order valence-corrected chi connectivity index (χ2v) is 4.51. The number of halogens is 1. The Bertz CT molecular complexity index is 447. The molecule has 1 atom stereocenters. The zero-order valence-corrected chi connectivity index (χ0v) is 11.0. The fourth-order valence-corrected chi connectivity index (χ4v) is 1.77. The van der Waals surface area contributed by atoms with Crippen molar-refractivity contribution in [2.24, 2.45) is 5.92 Å². The third-order valence-corrected chi connectivity index (χ3v) is 2.73. The van der Waals surface area contributed by atoms with Gasteiger partial charge < -0.3 is 4.74 Å². The highest BCUT2D eigenvalue weighted by atomic mass is 35.5. The zero-order chi connectivity index (χ0) is 13.0. The number of H-pyrrole nitrogens is 1. The van der Waals surface area contributed by atoms with Crippen LogP contribution in [-0.2, 0) is 4.74 Å². The molecule has 1 unspecified atom stereocenters. The fraction of sp³-hybridized carbons (Fsp3) is 0.636. The maximum Gasteiger partial charge on any atom is 0.329 e. The molecule has 0 spiro atoms. The third kappa shape index (κ3) is 3.44. The topological polar surface area (TPSA) is 64.1 Å². The first kappa shape index (κ1) is 14.0. The van der Waals surface area contributed by atoms with Crippen LogP contribution in [0.4, 0.5) is 0 Å². The Morgan fingerprint density at radius 1 is 1.47 bits per heavy atom. The van der Waals surface area contributed by atoms with E-state index in [4.69, 9.17) is 16.3 Å². The summed E-state index contributed by atoms with van der Waals surface area (Å²) in [6.45, 7) is 6.61. The molecule has 1 N–H and O–H groups in total. The molecular formula is C11H17ClN2O3. The first-order chi connectivity index (χ1) is 7.97. The number of nitrogens with zero attached hydrogens (tertiary/aromatic N) is 1. The molecule has 96 valence electrons. The summed E-state index contributed by atoms with van der Waals surface area (Å²) in [6.07, 6.45) is 0. The number of ether oxygens (including phenoxy) is 1. The van der Waals surface area contributed by atoms with Crippen molar-refractivity contribution in [1.82, 2.24) is 9.55 Å². The lowest BCUT2D eigenvalue weighted by atomic mass is 10.1. The Hall–Kier alpha value is -1.07. The van der Waals surface area contributed by atoms with E-state index in [1.54, 1.807) is 0 Å². The lowest BCUT2D eigenvalue weighted by Crippen LogP contribution is -2.41. The molecule has 1 heterocycles. The summed E-state index contributed by atoms with van der Waals surface area (Å²) in [5.41, 5.74) is -0.905. The zero-order valence-electron chi connectivity index (χ0n) is 10.2. The second-order valence-electron chi connectivity index (χ2n) is 4.10. The third-order valence-electron chi connectivity index (χ3n) is 2.53. The number of aromatic nitrogens is 2. The van der Waals surface area contributed by atoms with Crippen molar-refractivity contribution in [3.05, 3.63) is 32.1 Å². The molecule has 1 rings (SSSR count). The summed E-state index contributed by atoms with van der Waals surface area (Å²) >= 11 is 5.61.